The van der Waals surface area contributed by atoms with Gasteiger partial charge in [0, 0.05) is 25.3 Å². The number of hydrogen-bond acceptors (Lipinski definition) is 3. The average Bonchev–Trinajstić information content (AvgIpc) is 2.72. The Labute approximate surface area is 96.9 Å². The van der Waals surface area contributed by atoms with Gasteiger partial charge in [0.1, 0.15) is 5.82 Å². The summed E-state index contributed by atoms with van der Waals surface area (Å²) in [6.45, 7) is 5.62. The molecule has 0 bridgehead atoms. The van der Waals surface area contributed by atoms with E-state index in [1.54, 1.807) is 0 Å². The van der Waals surface area contributed by atoms with E-state index < -0.39 is 0 Å². The third kappa shape index (κ3) is 1.80. The number of rotatable bonds is 1. The molecule has 0 radical (unpaired) electrons. The van der Waals surface area contributed by atoms with Gasteiger partial charge in [-0.05, 0) is 49.9 Å². The van der Waals surface area contributed by atoms with Gasteiger partial charge in [0.25, 0.3) is 0 Å². The minimum absolute atomic E-state index is 0.691. The number of anilines is 1. The van der Waals surface area contributed by atoms with E-state index in [1.807, 2.05) is 6.20 Å². The van der Waals surface area contributed by atoms with Crippen molar-refractivity contribution < 1.29 is 0 Å². The fourth-order valence-electron chi connectivity index (χ4n) is 2.93. The van der Waals surface area contributed by atoms with Gasteiger partial charge < -0.3 is 10.2 Å². The molecule has 1 aromatic heterocycles. The number of hydrogen-bond donors (Lipinski definition) is 1. The molecule has 0 aromatic carbocycles. The summed E-state index contributed by atoms with van der Waals surface area (Å²) in [4.78, 5) is 6.91. The van der Waals surface area contributed by atoms with Crippen molar-refractivity contribution >= 4 is 5.82 Å². The van der Waals surface area contributed by atoms with Crippen molar-refractivity contribution in [1.82, 2.24) is 10.3 Å². The lowest BCUT2D eigenvalue weighted by atomic mass is 9.94. The van der Waals surface area contributed by atoms with E-state index in [4.69, 9.17) is 0 Å². The van der Waals surface area contributed by atoms with Gasteiger partial charge in [-0.1, -0.05) is 0 Å². The van der Waals surface area contributed by atoms with Crippen LogP contribution in [0.25, 0.3) is 0 Å². The van der Waals surface area contributed by atoms with Crippen LogP contribution in [0.1, 0.15) is 18.4 Å². The Balaban J connectivity index is 1.77. The highest BCUT2D eigenvalue weighted by atomic mass is 15.2. The summed E-state index contributed by atoms with van der Waals surface area (Å²) in [5.41, 5.74) is 1.30. The Bertz CT molecular complexity index is 363. The van der Waals surface area contributed by atoms with Gasteiger partial charge in [-0.25, -0.2) is 4.98 Å². The predicted octanol–water partition coefficient (Wildman–Crippen LogP) is 1.58. The number of fused-ring (bicyclic) bond motifs is 1. The van der Waals surface area contributed by atoms with Crippen LogP contribution < -0.4 is 10.2 Å². The zero-order valence-corrected chi connectivity index (χ0v) is 9.82. The molecule has 1 N–H and O–H groups in total. The van der Waals surface area contributed by atoms with Gasteiger partial charge in [-0.3, -0.25) is 0 Å². The van der Waals surface area contributed by atoms with Crippen molar-refractivity contribution in [2.45, 2.75) is 25.8 Å². The summed E-state index contributed by atoms with van der Waals surface area (Å²) in [7, 11) is 0. The molecule has 0 amide bonds. The smallest absolute Gasteiger partial charge is 0.128 e. The molecule has 1 aromatic rings. The van der Waals surface area contributed by atoms with E-state index in [1.165, 1.54) is 31.5 Å². The lowest BCUT2D eigenvalue weighted by molar-refractivity contribution is 0.340. The maximum absolute atomic E-state index is 4.48. The van der Waals surface area contributed by atoms with Crippen LogP contribution in [0.5, 0.6) is 0 Å². The fourth-order valence-corrected chi connectivity index (χ4v) is 2.93. The number of aryl methyl sites for hydroxylation is 1. The summed E-state index contributed by atoms with van der Waals surface area (Å²) in [5.74, 6) is 1.98. The van der Waals surface area contributed by atoms with Crippen LogP contribution in [0.15, 0.2) is 18.3 Å². The third-order valence-electron chi connectivity index (χ3n) is 3.82. The Hall–Kier alpha value is -1.09. The highest BCUT2D eigenvalue weighted by molar-refractivity contribution is 5.42. The highest BCUT2D eigenvalue weighted by Gasteiger charge is 2.34. The van der Waals surface area contributed by atoms with E-state index in [-0.39, 0.29) is 0 Å². The van der Waals surface area contributed by atoms with Crippen LogP contribution in [-0.2, 0) is 0 Å². The van der Waals surface area contributed by atoms with Crippen LogP contribution >= 0.6 is 0 Å². The van der Waals surface area contributed by atoms with Gasteiger partial charge in [-0.15, -0.1) is 0 Å². The maximum Gasteiger partial charge on any atom is 0.128 e. The van der Waals surface area contributed by atoms with Crippen molar-refractivity contribution in [3.05, 3.63) is 23.9 Å². The largest absolute Gasteiger partial charge is 0.355 e. The van der Waals surface area contributed by atoms with Gasteiger partial charge in [0.2, 0.25) is 0 Å². The SMILES string of the molecule is Cc1ccnc(N2C[C@@H]3CCCN[C@@H]3C2)c1. The molecule has 3 nitrogen and oxygen atoms in total. The number of nitrogens with zero attached hydrogens (tertiary/aromatic N) is 2. The van der Waals surface area contributed by atoms with Gasteiger partial charge in [0.15, 0.2) is 0 Å². The fraction of sp³-hybridized carbons (Fsp3) is 0.615. The first-order valence-electron chi connectivity index (χ1n) is 6.24. The predicted molar refractivity (Wildman–Crippen MR) is 65.7 cm³/mol. The summed E-state index contributed by atoms with van der Waals surface area (Å²) in [6.07, 6.45) is 4.62. The molecule has 0 unspecified atom stereocenters. The molecule has 2 aliphatic rings. The molecule has 2 atom stereocenters. The van der Waals surface area contributed by atoms with Crippen LogP contribution in [-0.4, -0.2) is 30.7 Å². The molecule has 3 rings (SSSR count). The highest BCUT2D eigenvalue weighted by Crippen LogP contribution is 2.28. The van der Waals surface area contributed by atoms with E-state index >= 15 is 0 Å². The van der Waals surface area contributed by atoms with E-state index in [0.29, 0.717) is 6.04 Å². The molecule has 86 valence electrons. The first kappa shape index (κ1) is 10.1. The molecule has 2 fully saturated rings. The lowest BCUT2D eigenvalue weighted by Gasteiger charge is -2.24. The molecular formula is C13H19N3. The van der Waals surface area contributed by atoms with Crippen LogP contribution in [0, 0.1) is 12.8 Å². The minimum atomic E-state index is 0.691. The summed E-state index contributed by atoms with van der Waals surface area (Å²) in [5, 5.41) is 3.63. The molecule has 0 spiro atoms. The minimum Gasteiger partial charge on any atom is -0.355 e. The standard InChI is InChI=1S/C13H19N3/c1-10-4-6-15-13(7-10)16-8-11-3-2-5-14-12(11)9-16/h4,6-7,11-12,14H,2-3,5,8-9H2,1H3/t11-,12+/m0/s1. The lowest BCUT2D eigenvalue weighted by Crippen LogP contribution is -2.40. The molecule has 2 aliphatic heterocycles. The second kappa shape index (κ2) is 4.06. The normalized spacial score (nSPS) is 29.2. The van der Waals surface area contributed by atoms with Crippen molar-refractivity contribution in [3.8, 4) is 0 Å². The van der Waals surface area contributed by atoms with E-state index in [0.717, 1.165) is 18.3 Å². The van der Waals surface area contributed by atoms with Crippen molar-refractivity contribution in [3.63, 3.8) is 0 Å². The van der Waals surface area contributed by atoms with Crippen LogP contribution in [0.4, 0.5) is 5.82 Å². The molecule has 2 saturated heterocycles. The number of aromatic nitrogens is 1. The summed E-state index contributed by atoms with van der Waals surface area (Å²) < 4.78 is 0. The molecule has 16 heavy (non-hydrogen) atoms. The Morgan fingerprint density at radius 3 is 3.19 bits per heavy atom. The second-order valence-electron chi connectivity index (χ2n) is 5.06. The average molecular weight is 217 g/mol. The summed E-state index contributed by atoms with van der Waals surface area (Å²) >= 11 is 0. The molecule has 0 saturated carbocycles. The van der Waals surface area contributed by atoms with Gasteiger partial charge >= 0.3 is 0 Å². The summed E-state index contributed by atoms with van der Waals surface area (Å²) in [6, 6.07) is 4.94. The van der Waals surface area contributed by atoms with Gasteiger partial charge in [0.05, 0.1) is 0 Å². The Morgan fingerprint density at radius 2 is 2.38 bits per heavy atom. The Kier molecular flexibility index (Phi) is 2.56. The van der Waals surface area contributed by atoms with Crippen molar-refractivity contribution in [1.29, 1.82) is 0 Å². The number of pyridine rings is 1. The Morgan fingerprint density at radius 1 is 1.44 bits per heavy atom. The first-order valence-corrected chi connectivity index (χ1v) is 6.24. The quantitative estimate of drug-likeness (QED) is 0.774. The maximum atomic E-state index is 4.48. The van der Waals surface area contributed by atoms with Crippen molar-refractivity contribution in [2.75, 3.05) is 24.5 Å². The zero-order valence-electron chi connectivity index (χ0n) is 9.82. The first-order chi connectivity index (χ1) is 7.83. The third-order valence-corrected chi connectivity index (χ3v) is 3.82. The van der Waals surface area contributed by atoms with Crippen LogP contribution in [0.3, 0.4) is 0 Å². The van der Waals surface area contributed by atoms with Crippen molar-refractivity contribution in [2.24, 2.45) is 5.92 Å². The van der Waals surface area contributed by atoms with E-state index in [9.17, 15) is 0 Å². The van der Waals surface area contributed by atoms with Crippen LogP contribution in [0.2, 0.25) is 0 Å². The molecule has 0 aliphatic carbocycles. The second-order valence-corrected chi connectivity index (χ2v) is 5.06. The number of nitrogens with one attached hydrogen (secondary N) is 1. The number of piperidine rings is 1. The topological polar surface area (TPSA) is 28.2 Å². The molecule has 3 heteroatoms. The monoisotopic (exact) mass is 217 g/mol. The van der Waals surface area contributed by atoms with Gasteiger partial charge in [-0.2, -0.15) is 0 Å². The molecular weight excluding hydrogens is 198 g/mol. The zero-order chi connectivity index (χ0) is 11.0. The molecule has 3 heterocycles. The van der Waals surface area contributed by atoms with E-state index in [2.05, 4.69) is 34.3 Å².